The number of nitrogens with zero attached hydrogens (tertiary/aromatic N) is 5. The van der Waals surface area contributed by atoms with Crippen molar-refractivity contribution in [1.29, 1.82) is 0 Å². The van der Waals surface area contributed by atoms with E-state index in [-0.39, 0.29) is 17.2 Å². The summed E-state index contributed by atoms with van der Waals surface area (Å²) in [7, 11) is 0. The van der Waals surface area contributed by atoms with Crippen LogP contribution in [0.3, 0.4) is 0 Å². The Bertz CT molecular complexity index is 1110. The molecular weight excluding hydrogens is 390 g/mol. The standard InChI is InChI=1S/C24H21N5O2/c30-22-11-12-23(24(31)15-22)28-27-18-7-9-21(10-8-18)29(16-19-5-1-3-13-25-19)17-20-6-2-4-14-26-20/h1-15,30-31H,16-17H2. The summed E-state index contributed by atoms with van der Waals surface area (Å²) < 4.78 is 0. The first kappa shape index (κ1) is 20.0. The summed E-state index contributed by atoms with van der Waals surface area (Å²) in [6, 6.07) is 23.6. The number of anilines is 1. The van der Waals surface area contributed by atoms with Crippen molar-refractivity contribution in [3.8, 4) is 11.5 Å². The fraction of sp³-hybridized carbons (Fsp3) is 0.0833. The lowest BCUT2D eigenvalue weighted by Gasteiger charge is -2.24. The van der Waals surface area contributed by atoms with E-state index in [0.717, 1.165) is 17.1 Å². The van der Waals surface area contributed by atoms with Crippen LogP contribution in [0.25, 0.3) is 0 Å². The zero-order valence-corrected chi connectivity index (χ0v) is 16.7. The minimum Gasteiger partial charge on any atom is -0.508 e. The van der Waals surface area contributed by atoms with Crippen LogP contribution in [-0.4, -0.2) is 20.2 Å². The Labute approximate surface area is 180 Å². The lowest BCUT2D eigenvalue weighted by molar-refractivity contribution is 0.451. The third-order valence-corrected chi connectivity index (χ3v) is 4.61. The second-order valence-electron chi connectivity index (χ2n) is 6.89. The van der Waals surface area contributed by atoms with Gasteiger partial charge in [-0.3, -0.25) is 9.97 Å². The van der Waals surface area contributed by atoms with Crippen LogP contribution >= 0.6 is 0 Å². The quantitative estimate of drug-likeness (QED) is 0.391. The zero-order valence-electron chi connectivity index (χ0n) is 16.7. The molecule has 2 heterocycles. The molecule has 0 fully saturated rings. The van der Waals surface area contributed by atoms with Gasteiger partial charge in [0.15, 0.2) is 0 Å². The fourth-order valence-electron chi connectivity index (χ4n) is 3.05. The smallest absolute Gasteiger partial charge is 0.146 e. The number of aromatic hydroxyl groups is 2. The molecule has 0 aliphatic rings. The number of hydrogen-bond donors (Lipinski definition) is 2. The van der Waals surface area contributed by atoms with Crippen molar-refractivity contribution in [2.45, 2.75) is 13.1 Å². The lowest BCUT2D eigenvalue weighted by Crippen LogP contribution is -2.23. The molecular formula is C24H21N5O2. The molecule has 2 aromatic carbocycles. The molecule has 0 unspecified atom stereocenters. The molecule has 4 aromatic rings. The summed E-state index contributed by atoms with van der Waals surface area (Å²) in [5.74, 6) is -0.154. The van der Waals surface area contributed by atoms with Crippen molar-refractivity contribution in [2.24, 2.45) is 10.2 Å². The molecule has 7 nitrogen and oxygen atoms in total. The van der Waals surface area contributed by atoms with Gasteiger partial charge in [-0.2, -0.15) is 5.11 Å². The number of benzene rings is 2. The number of pyridine rings is 2. The van der Waals surface area contributed by atoms with Crippen molar-refractivity contribution < 1.29 is 10.2 Å². The monoisotopic (exact) mass is 411 g/mol. The second-order valence-corrected chi connectivity index (χ2v) is 6.89. The summed E-state index contributed by atoms with van der Waals surface area (Å²) in [6.07, 6.45) is 3.58. The van der Waals surface area contributed by atoms with Gasteiger partial charge in [0.1, 0.15) is 17.2 Å². The van der Waals surface area contributed by atoms with E-state index >= 15 is 0 Å². The molecule has 31 heavy (non-hydrogen) atoms. The Balaban J connectivity index is 1.54. The van der Waals surface area contributed by atoms with Crippen molar-refractivity contribution in [3.05, 3.63) is 103 Å². The number of azo groups is 1. The van der Waals surface area contributed by atoms with Crippen LogP contribution in [0.2, 0.25) is 0 Å². The Hall–Kier alpha value is -4.26. The molecule has 0 radical (unpaired) electrons. The van der Waals surface area contributed by atoms with Gasteiger partial charge in [-0.05, 0) is 60.7 Å². The first-order valence-corrected chi connectivity index (χ1v) is 9.76. The Kier molecular flexibility index (Phi) is 6.13. The maximum Gasteiger partial charge on any atom is 0.146 e. The molecule has 154 valence electrons. The maximum absolute atomic E-state index is 9.83. The summed E-state index contributed by atoms with van der Waals surface area (Å²) in [5, 5.41) is 27.4. The molecule has 0 aliphatic heterocycles. The van der Waals surface area contributed by atoms with Crippen LogP contribution < -0.4 is 4.90 Å². The number of hydrogen-bond acceptors (Lipinski definition) is 7. The highest BCUT2D eigenvalue weighted by molar-refractivity contribution is 5.55. The number of phenolic OH excluding ortho intramolecular Hbond substituents is 2. The fourth-order valence-corrected chi connectivity index (χ4v) is 3.05. The predicted molar refractivity (Wildman–Crippen MR) is 119 cm³/mol. The Morgan fingerprint density at radius 3 is 1.90 bits per heavy atom. The number of phenols is 2. The van der Waals surface area contributed by atoms with E-state index in [1.807, 2.05) is 60.7 Å². The molecule has 7 heteroatoms. The summed E-state index contributed by atoms with van der Waals surface area (Å²) in [6.45, 7) is 1.28. The summed E-state index contributed by atoms with van der Waals surface area (Å²) >= 11 is 0. The van der Waals surface area contributed by atoms with Gasteiger partial charge in [0.05, 0.1) is 30.2 Å². The van der Waals surface area contributed by atoms with E-state index in [1.165, 1.54) is 18.2 Å². The highest BCUT2D eigenvalue weighted by Crippen LogP contribution is 2.31. The van der Waals surface area contributed by atoms with Crippen molar-refractivity contribution in [1.82, 2.24) is 9.97 Å². The third-order valence-electron chi connectivity index (χ3n) is 4.61. The number of aromatic nitrogens is 2. The third kappa shape index (κ3) is 5.42. The number of rotatable bonds is 7. The van der Waals surface area contributed by atoms with Gasteiger partial charge in [-0.25, -0.2) is 0 Å². The molecule has 0 saturated heterocycles. The Morgan fingerprint density at radius 2 is 1.35 bits per heavy atom. The van der Waals surface area contributed by atoms with Crippen molar-refractivity contribution in [2.75, 3.05) is 4.90 Å². The minimum atomic E-state index is -0.128. The highest BCUT2D eigenvalue weighted by Gasteiger charge is 2.10. The van der Waals surface area contributed by atoms with E-state index in [9.17, 15) is 10.2 Å². The normalized spacial score (nSPS) is 11.0. The van der Waals surface area contributed by atoms with Crippen LogP contribution in [-0.2, 0) is 13.1 Å². The van der Waals surface area contributed by atoms with Crippen molar-refractivity contribution >= 4 is 17.1 Å². The maximum atomic E-state index is 9.83. The van der Waals surface area contributed by atoms with Crippen LogP contribution in [0, 0.1) is 0 Å². The van der Waals surface area contributed by atoms with Gasteiger partial charge in [0.2, 0.25) is 0 Å². The predicted octanol–water partition coefficient (Wildman–Crippen LogP) is 5.51. The molecule has 0 aliphatic carbocycles. The molecule has 0 atom stereocenters. The summed E-state index contributed by atoms with van der Waals surface area (Å²) in [4.78, 5) is 11.1. The van der Waals surface area contributed by atoms with Gasteiger partial charge in [-0.1, -0.05) is 12.1 Å². The molecule has 0 bridgehead atoms. The van der Waals surface area contributed by atoms with Gasteiger partial charge in [0.25, 0.3) is 0 Å². The van der Waals surface area contributed by atoms with Gasteiger partial charge >= 0.3 is 0 Å². The zero-order chi connectivity index (χ0) is 21.5. The second kappa shape index (κ2) is 9.49. The van der Waals surface area contributed by atoms with Crippen LogP contribution in [0.5, 0.6) is 11.5 Å². The lowest BCUT2D eigenvalue weighted by atomic mass is 10.2. The van der Waals surface area contributed by atoms with E-state index in [1.54, 1.807) is 12.4 Å². The van der Waals surface area contributed by atoms with Gasteiger partial charge in [-0.15, -0.1) is 5.11 Å². The molecule has 2 N–H and O–H groups in total. The highest BCUT2D eigenvalue weighted by atomic mass is 16.3. The molecule has 0 saturated carbocycles. The average Bonchev–Trinajstić information content (AvgIpc) is 2.80. The van der Waals surface area contributed by atoms with E-state index in [2.05, 4.69) is 25.1 Å². The minimum absolute atomic E-state index is 0.0262. The molecule has 0 spiro atoms. The Morgan fingerprint density at radius 1 is 0.710 bits per heavy atom. The van der Waals surface area contributed by atoms with E-state index in [0.29, 0.717) is 18.8 Å². The molecule has 4 rings (SSSR count). The van der Waals surface area contributed by atoms with Crippen LogP contribution in [0.1, 0.15) is 11.4 Å². The van der Waals surface area contributed by atoms with Crippen molar-refractivity contribution in [3.63, 3.8) is 0 Å². The first-order valence-electron chi connectivity index (χ1n) is 9.76. The van der Waals surface area contributed by atoms with Crippen LogP contribution in [0.4, 0.5) is 17.1 Å². The first-order chi connectivity index (χ1) is 15.2. The molecule has 2 aromatic heterocycles. The van der Waals surface area contributed by atoms with Gasteiger partial charge < -0.3 is 15.1 Å². The molecule has 0 amide bonds. The average molecular weight is 411 g/mol. The van der Waals surface area contributed by atoms with Gasteiger partial charge in [0, 0.05) is 24.1 Å². The van der Waals surface area contributed by atoms with E-state index in [4.69, 9.17) is 0 Å². The van der Waals surface area contributed by atoms with E-state index < -0.39 is 0 Å². The SMILES string of the molecule is Oc1ccc(N=Nc2ccc(N(Cc3ccccn3)Cc3ccccn3)cc2)c(O)c1. The largest absolute Gasteiger partial charge is 0.508 e. The summed E-state index contributed by atoms with van der Waals surface area (Å²) in [5.41, 5.74) is 3.86. The topological polar surface area (TPSA) is 94.2 Å². The van der Waals surface area contributed by atoms with Crippen LogP contribution in [0.15, 0.2) is 101 Å².